The van der Waals surface area contributed by atoms with Gasteiger partial charge in [-0.2, -0.15) is 11.8 Å². The number of aromatic amines is 2. The van der Waals surface area contributed by atoms with Crippen LogP contribution >= 0.6 is 27.4 Å². The Balaban J connectivity index is 0.886. The summed E-state index contributed by atoms with van der Waals surface area (Å²) in [4.78, 5) is 46.0. The summed E-state index contributed by atoms with van der Waals surface area (Å²) in [5.41, 5.74) is 12.0. The van der Waals surface area contributed by atoms with E-state index in [-0.39, 0.29) is 53.6 Å². The maximum atomic E-state index is 12.4. The van der Waals surface area contributed by atoms with Crippen LogP contribution in [0.25, 0.3) is 16.9 Å². The number of H-pyrrole nitrogens is 2. The second-order valence-electron chi connectivity index (χ2n) is 12.1. The van der Waals surface area contributed by atoms with Gasteiger partial charge in [0.15, 0.2) is 18.3 Å². The summed E-state index contributed by atoms with van der Waals surface area (Å²) in [6.45, 7) is 2.00. The highest BCUT2D eigenvalue weighted by atomic mass is 32.2. The zero-order valence-electron chi connectivity index (χ0n) is 28.3. The molecule has 10 atom stereocenters. The van der Waals surface area contributed by atoms with E-state index in [1.54, 1.807) is 7.05 Å². The van der Waals surface area contributed by atoms with Crippen molar-refractivity contribution < 1.29 is 76.0 Å². The number of ether oxygens (including phenoxy) is 2. The molecule has 0 saturated carbocycles. The smallest absolute Gasteiger partial charge is 0.387 e. The first kappa shape index (κ1) is 40.4. The Morgan fingerprint density at radius 1 is 0.944 bits per heavy atom. The van der Waals surface area contributed by atoms with Gasteiger partial charge >= 0.3 is 27.1 Å². The van der Waals surface area contributed by atoms with Crippen LogP contribution < -0.4 is 31.5 Å². The van der Waals surface area contributed by atoms with E-state index in [2.05, 4.69) is 31.8 Å². The molecular formula is C26H40N10O15P2S+2. The molecule has 0 aromatic carbocycles. The number of aliphatic imine (C=N–C) groups is 1. The summed E-state index contributed by atoms with van der Waals surface area (Å²) in [5.74, 6) is 0.406. The highest BCUT2D eigenvalue weighted by Crippen LogP contribution is 2.45. The number of fused-ring (bicyclic) bond motifs is 2. The van der Waals surface area contributed by atoms with E-state index in [1.807, 2.05) is 0 Å². The average Bonchev–Trinajstić information content (AvgIpc) is 3.82. The Kier molecular flexibility index (Phi) is 12.0. The summed E-state index contributed by atoms with van der Waals surface area (Å²) < 4.78 is 60.2. The van der Waals surface area contributed by atoms with E-state index >= 15 is 0 Å². The zero-order chi connectivity index (χ0) is 39.1. The molecule has 0 amide bonds. The van der Waals surface area contributed by atoms with Crippen LogP contribution in [0.4, 0.5) is 11.8 Å². The van der Waals surface area contributed by atoms with Gasteiger partial charge in [-0.25, -0.2) is 18.3 Å². The predicted octanol–water partition coefficient (Wildman–Crippen LogP) is -3.79. The van der Waals surface area contributed by atoms with Gasteiger partial charge in [0.1, 0.15) is 36.6 Å². The van der Waals surface area contributed by atoms with Crippen LogP contribution in [0.2, 0.25) is 0 Å². The van der Waals surface area contributed by atoms with Gasteiger partial charge in [-0.05, 0) is 0 Å². The summed E-state index contributed by atoms with van der Waals surface area (Å²) in [6.07, 6.45) is -8.10. The topological polar surface area (TPSA) is 362 Å². The molecule has 0 aliphatic carbocycles. The van der Waals surface area contributed by atoms with E-state index < -0.39 is 83.5 Å². The lowest BCUT2D eigenvalue weighted by Gasteiger charge is -2.17. The lowest BCUT2D eigenvalue weighted by atomic mass is 10.1. The molecule has 3 aromatic rings. The molecule has 0 bridgehead atoms. The molecule has 2 saturated heterocycles. The van der Waals surface area contributed by atoms with Gasteiger partial charge in [0.05, 0.1) is 39.2 Å². The molecule has 3 aliphatic rings. The minimum absolute atomic E-state index is 0.0494. The fourth-order valence-electron chi connectivity index (χ4n) is 5.86. The fourth-order valence-corrected chi connectivity index (χ4v) is 8.18. The number of aryl methyl sites for hydroxylation is 1. The number of rotatable bonds is 16. The first-order valence-electron chi connectivity index (χ1n) is 16.0. The Bertz CT molecular complexity index is 2060. The van der Waals surface area contributed by atoms with Gasteiger partial charge in [-0.1, -0.05) is 16.6 Å². The van der Waals surface area contributed by atoms with Gasteiger partial charge < -0.3 is 56.5 Å². The number of thioether (sulfide) groups is 1. The number of aromatic nitrogens is 6. The number of nitrogens with one attached hydrogen (secondary N) is 3. The lowest BCUT2D eigenvalue weighted by Crippen LogP contribution is -2.46. The Hall–Kier alpha value is -3.30. The van der Waals surface area contributed by atoms with Crippen molar-refractivity contribution in [1.29, 1.82) is 0 Å². The third-order valence-electron chi connectivity index (χ3n) is 8.40. The van der Waals surface area contributed by atoms with Crippen molar-refractivity contribution in [2.45, 2.75) is 49.1 Å². The van der Waals surface area contributed by atoms with E-state index in [4.69, 9.17) is 39.0 Å². The number of nitrogen functional groups attached to an aromatic ring is 1. The second-order valence-corrected chi connectivity index (χ2v) is 16.3. The molecule has 4 unspecified atom stereocenters. The summed E-state index contributed by atoms with van der Waals surface area (Å²) in [5, 5.41) is 45.0. The van der Waals surface area contributed by atoms with Crippen LogP contribution in [0.5, 0.6) is 0 Å². The standard InChI is InChI=1S/C26H38N10O15P2S/c1-11-14-20(31-25(27)30-11)35(9-29-14)23-18(39)16(37)12(50-23)7-48-52(42,43)46-3-5-54-6-4-47-53(44,45)49-8-13-17(38)19(40)24(51-13)36-10-34(2)15-21(36)32-26(28)33-22(15)41/h9-10,12-13,16-19,23-24,37-40H,1,3-8H2,2H3,(H7-,27,28,30,31,32,33,41,42,43,44,45)/p+2/t12?,13-,16-,17-,18-,19-,23-,24?/m1/s1. The van der Waals surface area contributed by atoms with E-state index in [9.17, 15) is 44.1 Å². The summed E-state index contributed by atoms with van der Waals surface area (Å²) >= 11 is 1.13. The van der Waals surface area contributed by atoms with Gasteiger partial charge in [-0.3, -0.25) is 37.4 Å². The molecule has 25 nitrogen and oxygen atoms in total. The number of hydrogen-bond donors (Lipinski definition) is 11. The molecule has 2 fully saturated rings. The normalized spacial score (nSPS) is 29.2. The SMILES string of the molecule is C=C1NC(N)=Nc2c1[nH]c[n+]2[C@@H]1OC(COP(=O)(O)OCCSCCOP(=O)(O)OC[C@H]2OC([n+]3cn(C)c4c(=O)[nH]c(N)nc43)[C@H](O)[C@@H]2O)[C@@H](O)[C@H]1O. The fraction of sp³-hybridized carbons (Fsp3) is 0.577. The van der Waals surface area contributed by atoms with Crippen LogP contribution in [0, 0.1) is 0 Å². The third kappa shape index (κ3) is 8.57. The van der Waals surface area contributed by atoms with E-state index in [0.717, 1.165) is 11.8 Å². The minimum Gasteiger partial charge on any atom is -0.387 e. The van der Waals surface area contributed by atoms with Crippen molar-refractivity contribution in [1.82, 2.24) is 24.8 Å². The number of phosphoric acid groups is 2. The molecule has 3 aliphatic heterocycles. The quantitative estimate of drug-likeness (QED) is 0.0375. The molecule has 28 heteroatoms. The van der Waals surface area contributed by atoms with Crippen molar-refractivity contribution >= 4 is 62.0 Å². The number of anilines is 1. The Labute approximate surface area is 308 Å². The van der Waals surface area contributed by atoms with Crippen molar-refractivity contribution in [2.75, 3.05) is 43.7 Å². The van der Waals surface area contributed by atoms with Crippen LogP contribution in [0.1, 0.15) is 18.1 Å². The van der Waals surface area contributed by atoms with E-state index in [1.165, 1.54) is 26.4 Å². The van der Waals surface area contributed by atoms with Crippen molar-refractivity contribution in [3.63, 3.8) is 0 Å². The number of guanidine groups is 1. The third-order valence-corrected chi connectivity index (χ3v) is 11.3. The van der Waals surface area contributed by atoms with Crippen LogP contribution in [-0.4, -0.2) is 130 Å². The van der Waals surface area contributed by atoms with Gasteiger partial charge in [0.25, 0.3) is 17.5 Å². The Morgan fingerprint density at radius 3 is 2.07 bits per heavy atom. The molecule has 0 spiro atoms. The monoisotopic (exact) mass is 826 g/mol. The molecule has 54 heavy (non-hydrogen) atoms. The number of imidazole rings is 2. The Morgan fingerprint density at radius 2 is 1.50 bits per heavy atom. The number of phosphoric ester groups is 2. The lowest BCUT2D eigenvalue weighted by molar-refractivity contribution is -0.753. The first-order chi connectivity index (χ1) is 25.5. The molecule has 6 rings (SSSR count). The molecule has 6 heterocycles. The number of aliphatic hydroxyl groups is 4. The first-order valence-corrected chi connectivity index (χ1v) is 20.1. The van der Waals surface area contributed by atoms with Crippen LogP contribution in [-0.2, 0) is 43.7 Å². The van der Waals surface area contributed by atoms with Crippen LogP contribution in [0.15, 0.2) is 29.0 Å². The van der Waals surface area contributed by atoms with E-state index in [0.29, 0.717) is 11.4 Å². The maximum absolute atomic E-state index is 12.4. The summed E-state index contributed by atoms with van der Waals surface area (Å²) in [6, 6.07) is 0. The predicted molar refractivity (Wildman–Crippen MR) is 183 cm³/mol. The van der Waals surface area contributed by atoms with Crippen molar-refractivity contribution in [2.24, 2.45) is 17.8 Å². The molecule has 13 N–H and O–H groups in total. The molecular weight excluding hydrogens is 786 g/mol. The average molecular weight is 827 g/mol. The minimum atomic E-state index is -4.65. The number of nitrogens with two attached hydrogens (primary N) is 2. The maximum Gasteiger partial charge on any atom is 0.472 e. The molecule has 3 aromatic heterocycles. The van der Waals surface area contributed by atoms with Crippen molar-refractivity contribution in [3.05, 3.63) is 35.3 Å². The van der Waals surface area contributed by atoms with Gasteiger partial charge in [0.2, 0.25) is 18.0 Å². The zero-order valence-corrected chi connectivity index (χ0v) is 30.9. The summed E-state index contributed by atoms with van der Waals surface area (Å²) in [7, 11) is -7.73. The van der Waals surface area contributed by atoms with Gasteiger partial charge in [-0.15, -0.1) is 0 Å². The molecule has 0 radical (unpaired) electrons. The highest BCUT2D eigenvalue weighted by molar-refractivity contribution is 7.99. The van der Waals surface area contributed by atoms with Crippen molar-refractivity contribution in [3.8, 4) is 0 Å². The highest BCUT2D eigenvalue weighted by Gasteiger charge is 2.49. The molecule has 298 valence electrons. The second kappa shape index (κ2) is 16.0. The number of aliphatic hydroxyl groups excluding tert-OH is 4. The van der Waals surface area contributed by atoms with Crippen LogP contribution in [0.3, 0.4) is 0 Å². The number of nitrogens with zero attached hydrogens (tertiary/aromatic N) is 5. The largest absolute Gasteiger partial charge is 0.472 e. The number of hydrogen-bond acceptors (Lipinski definition) is 19. The van der Waals surface area contributed by atoms with Gasteiger partial charge in [0, 0.05) is 11.5 Å².